The lowest BCUT2D eigenvalue weighted by Gasteiger charge is -2.57. The first kappa shape index (κ1) is 45.1. The summed E-state index contributed by atoms with van der Waals surface area (Å²) in [5.41, 5.74) is 4.41. The number of aliphatic hydroxyl groups excluding tert-OH is 4. The van der Waals surface area contributed by atoms with Crippen LogP contribution in [0.4, 0.5) is 0 Å². The van der Waals surface area contributed by atoms with Gasteiger partial charge in [0.05, 0.1) is 35.8 Å². The van der Waals surface area contributed by atoms with Gasteiger partial charge in [-0.05, 0) is 148 Å². The molecule has 8 rings (SSSR count). The SMILES string of the molecule is C=CCCO/N=C(\C)[C@H]1CC[C@@H]2C3=CC(=O)[C@@H]4C[C@@H](O)[C@@H](O)C[C@]4(C)C3CC[C@@]21C.C=CCCO/N=C(\C)[C@H]1CC[C@H]2C3=CC(=O)[C@@H]4C[C@@H](O)[C@@H](O)C[C@]4(C)C3CC[C@]12C. The zero-order chi connectivity index (χ0) is 43.4. The summed E-state index contributed by atoms with van der Waals surface area (Å²) in [6, 6.07) is 0. The van der Waals surface area contributed by atoms with Crippen molar-refractivity contribution in [2.45, 2.75) is 156 Å². The number of ketones is 2. The van der Waals surface area contributed by atoms with Crippen molar-refractivity contribution in [3.05, 3.63) is 48.6 Å². The molecule has 0 heterocycles. The van der Waals surface area contributed by atoms with Gasteiger partial charge >= 0.3 is 0 Å². The molecule has 0 bridgehead atoms. The van der Waals surface area contributed by atoms with Crippen molar-refractivity contribution in [2.75, 3.05) is 13.2 Å². The molecule has 0 aromatic carbocycles. The number of oxime groups is 2. The first-order chi connectivity index (χ1) is 28.4. The molecule has 0 spiro atoms. The Labute approximate surface area is 358 Å². The predicted octanol–water partition coefficient (Wildman–Crippen LogP) is 8.09. The minimum Gasteiger partial charge on any atom is -0.396 e. The van der Waals surface area contributed by atoms with E-state index in [-0.39, 0.29) is 45.1 Å². The van der Waals surface area contributed by atoms with E-state index >= 15 is 0 Å². The normalized spacial score (nSPS) is 45.8. The van der Waals surface area contributed by atoms with E-state index in [0.717, 1.165) is 75.6 Å². The van der Waals surface area contributed by atoms with E-state index in [1.807, 2.05) is 24.3 Å². The van der Waals surface area contributed by atoms with Gasteiger partial charge in [0.15, 0.2) is 11.6 Å². The van der Waals surface area contributed by atoms with Crippen LogP contribution in [0.1, 0.15) is 131 Å². The molecular weight excluding hydrogens is 757 g/mol. The molecule has 0 amide bonds. The molecule has 0 aromatic rings. The minimum absolute atomic E-state index is 0.0913. The van der Waals surface area contributed by atoms with Crippen LogP contribution < -0.4 is 0 Å². The van der Waals surface area contributed by atoms with Crippen LogP contribution in [0.5, 0.6) is 0 Å². The van der Waals surface area contributed by atoms with Crippen LogP contribution in [0.3, 0.4) is 0 Å². The number of rotatable bonds is 10. The highest BCUT2D eigenvalue weighted by Crippen LogP contribution is 2.67. The van der Waals surface area contributed by atoms with Crippen molar-refractivity contribution in [1.82, 2.24) is 0 Å². The van der Waals surface area contributed by atoms with E-state index in [1.54, 1.807) is 0 Å². The molecule has 6 saturated carbocycles. The molecule has 8 aliphatic carbocycles. The predicted molar refractivity (Wildman–Crippen MR) is 234 cm³/mol. The molecule has 0 aliphatic heterocycles. The van der Waals surface area contributed by atoms with Gasteiger partial charge in [-0.3, -0.25) is 9.59 Å². The number of hydrogen-bond donors (Lipinski definition) is 4. The monoisotopic (exact) mass is 831 g/mol. The molecule has 6 fully saturated rings. The Morgan fingerprint density at radius 2 is 0.967 bits per heavy atom. The Hall–Kier alpha value is -2.92. The number of hydrogen-bond acceptors (Lipinski definition) is 10. The van der Waals surface area contributed by atoms with Crippen LogP contribution in [-0.2, 0) is 19.3 Å². The fraction of sp³-hybridized carbons (Fsp3) is 0.760. The zero-order valence-corrected chi connectivity index (χ0v) is 37.3. The molecule has 60 heavy (non-hydrogen) atoms. The minimum atomic E-state index is -0.786. The van der Waals surface area contributed by atoms with Gasteiger partial charge < -0.3 is 30.1 Å². The third-order valence-corrected chi connectivity index (χ3v) is 18.1. The molecule has 10 heteroatoms. The zero-order valence-electron chi connectivity index (χ0n) is 37.3. The van der Waals surface area contributed by atoms with Crippen LogP contribution in [0, 0.1) is 69.0 Å². The highest BCUT2D eigenvalue weighted by atomic mass is 16.6. The van der Waals surface area contributed by atoms with Gasteiger partial charge in [0.1, 0.15) is 13.2 Å². The smallest absolute Gasteiger partial charge is 0.159 e. The van der Waals surface area contributed by atoms with Crippen LogP contribution in [0.2, 0.25) is 0 Å². The summed E-state index contributed by atoms with van der Waals surface area (Å²) in [5.74, 6) is 2.10. The standard InChI is InChI=1S/2C25H37NO4/c2*1-5-6-11-30-26-15(2)17-7-8-18-16-12-21(27)20-13-22(28)23(29)14-25(20,4)19(16)9-10-24(17,18)3/h2*5,12,17-20,22-23,28-29H,1,6-11,13-14H2,2-4H3/b2*26-15+/t17-,18+,19?,20+,22-,23+,24-,25-;17-,18-,19?,20+,22-,23+,24-,25-/m11/s1. The second-order valence-corrected chi connectivity index (χ2v) is 21.2. The number of allylic oxidation sites excluding steroid dienone is 4. The first-order valence-corrected chi connectivity index (χ1v) is 23.2. The van der Waals surface area contributed by atoms with E-state index in [4.69, 9.17) is 9.68 Å². The van der Waals surface area contributed by atoms with E-state index < -0.39 is 24.4 Å². The second-order valence-electron chi connectivity index (χ2n) is 21.2. The lowest BCUT2D eigenvalue weighted by atomic mass is 9.47. The quantitative estimate of drug-likeness (QED) is 0.0745. The van der Waals surface area contributed by atoms with Crippen LogP contribution in [0.25, 0.3) is 0 Å². The highest BCUT2D eigenvalue weighted by molar-refractivity contribution is 5.95. The molecule has 8 aliphatic rings. The Kier molecular flexibility index (Phi) is 13.0. The average molecular weight is 831 g/mol. The van der Waals surface area contributed by atoms with Crippen molar-refractivity contribution >= 4 is 23.0 Å². The topological polar surface area (TPSA) is 158 Å². The maximum atomic E-state index is 13.1. The van der Waals surface area contributed by atoms with Crippen LogP contribution in [-0.4, -0.2) is 81.0 Å². The summed E-state index contributed by atoms with van der Waals surface area (Å²) in [6.45, 7) is 21.8. The van der Waals surface area contributed by atoms with Crippen molar-refractivity contribution in [2.24, 2.45) is 79.3 Å². The lowest BCUT2D eigenvalue weighted by Crippen LogP contribution is -2.56. The van der Waals surface area contributed by atoms with E-state index in [1.165, 1.54) is 11.1 Å². The molecule has 0 aromatic heterocycles. The Morgan fingerprint density at radius 1 is 0.600 bits per heavy atom. The maximum absolute atomic E-state index is 13.1. The Morgan fingerprint density at radius 3 is 1.33 bits per heavy atom. The molecule has 0 saturated heterocycles. The van der Waals surface area contributed by atoms with E-state index in [9.17, 15) is 30.0 Å². The summed E-state index contributed by atoms with van der Waals surface area (Å²) in [6.07, 6.45) is 16.4. The summed E-state index contributed by atoms with van der Waals surface area (Å²) >= 11 is 0. The van der Waals surface area contributed by atoms with Crippen LogP contribution in [0.15, 0.2) is 58.9 Å². The summed E-state index contributed by atoms with van der Waals surface area (Å²) in [7, 11) is 0. The number of nitrogens with zero attached hydrogens (tertiary/aromatic N) is 2. The van der Waals surface area contributed by atoms with Gasteiger partial charge in [0, 0.05) is 36.5 Å². The van der Waals surface area contributed by atoms with Gasteiger partial charge in [0.2, 0.25) is 0 Å². The van der Waals surface area contributed by atoms with Crippen LogP contribution >= 0.6 is 0 Å². The van der Waals surface area contributed by atoms with Crippen molar-refractivity contribution in [3.8, 4) is 0 Å². The van der Waals surface area contributed by atoms with Gasteiger partial charge in [-0.1, -0.05) is 61.3 Å². The van der Waals surface area contributed by atoms with E-state index in [0.29, 0.717) is 74.4 Å². The van der Waals surface area contributed by atoms with Crippen molar-refractivity contribution in [1.29, 1.82) is 0 Å². The van der Waals surface area contributed by atoms with Crippen molar-refractivity contribution < 1.29 is 39.7 Å². The molecular formula is C50H74N2O8. The molecule has 10 nitrogen and oxygen atoms in total. The van der Waals surface area contributed by atoms with Crippen molar-refractivity contribution in [3.63, 3.8) is 0 Å². The molecule has 4 N–H and O–H groups in total. The Bertz CT molecular complexity index is 1670. The summed E-state index contributed by atoms with van der Waals surface area (Å²) in [5, 5.41) is 50.0. The molecule has 332 valence electrons. The number of fused-ring (bicyclic) bond motifs is 10. The summed E-state index contributed by atoms with van der Waals surface area (Å²) < 4.78 is 0. The average Bonchev–Trinajstić information content (AvgIpc) is 3.75. The first-order valence-electron chi connectivity index (χ1n) is 23.2. The fourth-order valence-electron chi connectivity index (χ4n) is 14.9. The molecule has 2 unspecified atom stereocenters. The van der Waals surface area contributed by atoms with E-state index in [2.05, 4.69) is 65.0 Å². The number of aliphatic hydroxyl groups is 4. The third-order valence-electron chi connectivity index (χ3n) is 18.1. The fourth-order valence-corrected chi connectivity index (χ4v) is 14.9. The maximum Gasteiger partial charge on any atom is 0.159 e. The summed E-state index contributed by atoms with van der Waals surface area (Å²) in [4.78, 5) is 37.3. The van der Waals surface area contributed by atoms with Gasteiger partial charge in [-0.25, -0.2) is 0 Å². The molecule has 0 radical (unpaired) electrons. The largest absolute Gasteiger partial charge is 0.396 e. The molecule has 16 atom stereocenters. The lowest BCUT2D eigenvalue weighted by molar-refractivity contribution is -0.143. The Balaban J connectivity index is 0.000000181. The number of carbonyl (C=O) groups excluding carboxylic acids is 2. The third kappa shape index (κ3) is 7.65. The van der Waals surface area contributed by atoms with Gasteiger partial charge in [-0.15, -0.1) is 13.2 Å². The second kappa shape index (κ2) is 17.3. The van der Waals surface area contributed by atoms with Gasteiger partial charge in [0.25, 0.3) is 0 Å². The number of carbonyl (C=O) groups is 2. The van der Waals surface area contributed by atoms with Gasteiger partial charge in [-0.2, -0.15) is 0 Å². The highest BCUT2D eigenvalue weighted by Gasteiger charge is 2.62.